The summed E-state index contributed by atoms with van der Waals surface area (Å²) < 4.78 is 0. The molecule has 3 nitrogen and oxygen atoms in total. The third kappa shape index (κ3) is 4.51. The molecule has 1 N–H and O–H groups in total. The van der Waals surface area contributed by atoms with Gasteiger partial charge in [-0.05, 0) is 44.9 Å². The molecule has 1 aliphatic rings. The highest BCUT2D eigenvalue weighted by atomic mass is 32.2. The Bertz CT molecular complexity index is 240. The fourth-order valence-electron chi connectivity index (χ4n) is 2.87. The molecule has 1 rings (SSSR count). The second-order valence-corrected chi connectivity index (χ2v) is 6.11. The number of carbonyl (C=O) groups is 1. The van der Waals surface area contributed by atoms with Crippen molar-refractivity contribution in [3.63, 3.8) is 0 Å². The first-order chi connectivity index (χ1) is 8.10. The van der Waals surface area contributed by atoms with Gasteiger partial charge in [0.25, 0.3) is 0 Å². The number of nitrogens with zero attached hydrogens (tertiary/aromatic N) is 1. The topological polar surface area (TPSA) is 40.5 Å². The van der Waals surface area contributed by atoms with Crippen molar-refractivity contribution in [1.82, 2.24) is 4.90 Å². The predicted octanol–water partition coefficient (Wildman–Crippen LogP) is 2.85. The Morgan fingerprint density at radius 3 is 2.53 bits per heavy atom. The van der Waals surface area contributed by atoms with Crippen molar-refractivity contribution < 1.29 is 9.90 Å². The Morgan fingerprint density at radius 2 is 2.00 bits per heavy atom. The summed E-state index contributed by atoms with van der Waals surface area (Å²) in [5.41, 5.74) is -0.0670. The first-order valence-corrected chi connectivity index (χ1v) is 7.92. The van der Waals surface area contributed by atoms with E-state index in [1.165, 1.54) is 19.3 Å². The number of aliphatic carboxylic acids is 1. The van der Waals surface area contributed by atoms with Gasteiger partial charge in [0, 0.05) is 5.54 Å². The van der Waals surface area contributed by atoms with Crippen LogP contribution in [0.1, 0.15) is 44.9 Å². The second-order valence-electron chi connectivity index (χ2n) is 5.12. The van der Waals surface area contributed by atoms with E-state index < -0.39 is 5.97 Å². The van der Waals surface area contributed by atoms with Crippen molar-refractivity contribution >= 4 is 17.7 Å². The molecular weight excluding hydrogens is 234 g/mol. The first kappa shape index (κ1) is 14.8. The number of carboxylic acid groups (broad SMARTS) is 1. The van der Waals surface area contributed by atoms with E-state index in [1.54, 1.807) is 0 Å². The summed E-state index contributed by atoms with van der Waals surface area (Å²) in [5.74, 6) is 0.511. The van der Waals surface area contributed by atoms with E-state index in [-0.39, 0.29) is 5.54 Å². The maximum atomic E-state index is 11.1. The average molecular weight is 259 g/mol. The van der Waals surface area contributed by atoms with Gasteiger partial charge < -0.3 is 10.0 Å². The van der Waals surface area contributed by atoms with Crippen LogP contribution in [0.5, 0.6) is 0 Å². The van der Waals surface area contributed by atoms with Crippen LogP contribution in [0.3, 0.4) is 0 Å². The van der Waals surface area contributed by atoms with E-state index in [9.17, 15) is 4.79 Å². The summed E-state index contributed by atoms with van der Waals surface area (Å²) in [4.78, 5) is 13.4. The van der Waals surface area contributed by atoms with Crippen LogP contribution < -0.4 is 0 Å². The molecule has 0 aliphatic heterocycles. The van der Waals surface area contributed by atoms with Gasteiger partial charge in [-0.2, -0.15) is 11.8 Å². The molecule has 0 aromatic heterocycles. The standard InChI is InChI=1S/C13H25NO2S/c1-14(9-6-10-17-2)13(11-12(15)16)7-4-3-5-8-13/h3-11H2,1-2H3,(H,15,16). The molecule has 0 aromatic rings. The van der Waals surface area contributed by atoms with Crippen molar-refractivity contribution in [2.24, 2.45) is 0 Å². The Labute approximate surface area is 109 Å². The number of hydrogen-bond acceptors (Lipinski definition) is 3. The molecule has 0 unspecified atom stereocenters. The molecule has 1 fully saturated rings. The third-order valence-corrected chi connectivity index (χ3v) is 4.61. The normalized spacial score (nSPS) is 19.5. The van der Waals surface area contributed by atoms with E-state index in [0.29, 0.717) is 6.42 Å². The van der Waals surface area contributed by atoms with Crippen LogP contribution in [0.25, 0.3) is 0 Å². The zero-order valence-electron chi connectivity index (χ0n) is 11.1. The first-order valence-electron chi connectivity index (χ1n) is 6.53. The van der Waals surface area contributed by atoms with Gasteiger partial charge in [0.15, 0.2) is 0 Å². The lowest BCUT2D eigenvalue weighted by Gasteiger charge is -2.44. The summed E-state index contributed by atoms with van der Waals surface area (Å²) >= 11 is 1.86. The molecule has 17 heavy (non-hydrogen) atoms. The minimum Gasteiger partial charge on any atom is -0.481 e. The Hall–Kier alpha value is -0.220. The molecule has 0 bridgehead atoms. The monoisotopic (exact) mass is 259 g/mol. The van der Waals surface area contributed by atoms with Crippen LogP contribution >= 0.6 is 11.8 Å². The SMILES string of the molecule is CSCCCN(C)C1(CC(=O)O)CCCCC1. The zero-order valence-corrected chi connectivity index (χ0v) is 11.9. The van der Waals surface area contributed by atoms with Crippen LogP contribution in [-0.2, 0) is 4.79 Å². The van der Waals surface area contributed by atoms with Gasteiger partial charge in [-0.3, -0.25) is 4.79 Å². The van der Waals surface area contributed by atoms with E-state index >= 15 is 0 Å². The fraction of sp³-hybridized carbons (Fsp3) is 0.923. The Morgan fingerprint density at radius 1 is 1.35 bits per heavy atom. The number of hydrogen-bond donors (Lipinski definition) is 1. The summed E-state index contributed by atoms with van der Waals surface area (Å²) in [6, 6.07) is 0. The molecule has 1 aliphatic carbocycles. The van der Waals surface area contributed by atoms with Crippen molar-refractivity contribution in [3.05, 3.63) is 0 Å². The highest BCUT2D eigenvalue weighted by molar-refractivity contribution is 7.98. The van der Waals surface area contributed by atoms with Crippen molar-refractivity contribution in [3.8, 4) is 0 Å². The Balaban J connectivity index is 2.57. The van der Waals surface area contributed by atoms with Gasteiger partial charge in [-0.1, -0.05) is 19.3 Å². The summed E-state index contributed by atoms with van der Waals surface area (Å²) in [7, 11) is 2.11. The van der Waals surface area contributed by atoms with Gasteiger partial charge in [0.05, 0.1) is 6.42 Å². The summed E-state index contributed by atoms with van der Waals surface area (Å²) in [5, 5.41) is 9.12. The lowest BCUT2D eigenvalue weighted by atomic mass is 9.78. The number of thioether (sulfide) groups is 1. The van der Waals surface area contributed by atoms with Crippen LogP contribution in [0.15, 0.2) is 0 Å². The van der Waals surface area contributed by atoms with Gasteiger partial charge in [0.2, 0.25) is 0 Å². The molecule has 0 atom stereocenters. The second kappa shape index (κ2) is 7.27. The van der Waals surface area contributed by atoms with Crippen LogP contribution in [0, 0.1) is 0 Å². The Kier molecular flexibility index (Phi) is 6.34. The van der Waals surface area contributed by atoms with Crippen LogP contribution in [0.4, 0.5) is 0 Å². The van der Waals surface area contributed by atoms with Crippen molar-refractivity contribution in [2.45, 2.75) is 50.5 Å². The fourth-order valence-corrected chi connectivity index (χ4v) is 3.29. The van der Waals surface area contributed by atoms with Gasteiger partial charge in [-0.15, -0.1) is 0 Å². The maximum Gasteiger partial charge on any atom is 0.305 e. The highest BCUT2D eigenvalue weighted by Gasteiger charge is 2.37. The van der Waals surface area contributed by atoms with E-state index in [0.717, 1.165) is 31.6 Å². The molecule has 0 aromatic carbocycles. The highest BCUT2D eigenvalue weighted by Crippen LogP contribution is 2.35. The largest absolute Gasteiger partial charge is 0.481 e. The molecule has 0 saturated heterocycles. The summed E-state index contributed by atoms with van der Waals surface area (Å²) in [6.45, 7) is 1.02. The minimum absolute atomic E-state index is 0.0670. The molecule has 0 radical (unpaired) electrons. The maximum absolute atomic E-state index is 11.1. The van der Waals surface area contributed by atoms with Crippen molar-refractivity contribution in [1.29, 1.82) is 0 Å². The molecule has 0 spiro atoms. The minimum atomic E-state index is -0.649. The molecule has 1 saturated carbocycles. The predicted molar refractivity (Wildman–Crippen MR) is 73.7 cm³/mol. The quantitative estimate of drug-likeness (QED) is 0.714. The molecular formula is C13H25NO2S. The van der Waals surface area contributed by atoms with Gasteiger partial charge in [-0.25, -0.2) is 0 Å². The molecule has 4 heteroatoms. The molecule has 0 heterocycles. The molecule has 100 valence electrons. The van der Waals surface area contributed by atoms with E-state index in [4.69, 9.17) is 5.11 Å². The molecule has 0 amide bonds. The van der Waals surface area contributed by atoms with Crippen LogP contribution in [0.2, 0.25) is 0 Å². The van der Waals surface area contributed by atoms with Gasteiger partial charge in [0.1, 0.15) is 0 Å². The third-order valence-electron chi connectivity index (χ3n) is 3.92. The lowest BCUT2D eigenvalue weighted by Crippen LogP contribution is -2.49. The van der Waals surface area contributed by atoms with Crippen molar-refractivity contribution in [2.75, 3.05) is 25.6 Å². The van der Waals surface area contributed by atoms with Crippen LogP contribution in [-0.4, -0.2) is 47.1 Å². The average Bonchev–Trinajstić information content (AvgIpc) is 2.29. The number of carboxylic acids is 1. The van der Waals surface area contributed by atoms with E-state index in [1.807, 2.05) is 11.8 Å². The number of rotatable bonds is 7. The summed E-state index contributed by atoms with van der Waals surface area (Å²) in [6.07, 6.45) is 9.31. The zero-order chi connectivity index (χ0) is 12.7. The van der Waals surface area contributed by atoms with Gasteiger partial charge >= 0.3 is 5.97 Å². The van der Waals surface area contributed by atoms with E-state index in [2.05, 4.69) is 18.2 Å². The smallest absolute Gasteiger partial charge is 0.305 e. The lowest BCUT2D eigenvalue weighted by molar-refractivity contribution is -0.141.